The molecule has 3 rings (SSSR count). The minimum atomic E-state index is -0.334. The van der Waals surface area contributed by atoms with Crippen LogP contribution in [0.4, 0.5) is 5.00 Å². The Morgan fingerprint density at radius 3 is 2.78 bits per heavy atom. The molecule has 0 aliphatic heterocycles. The number of esters is 1. The van der Waals surface area contributed by atoms with Crippen LogP contribution in [-0.2, 0) is 22.4 Å². The number of aryl methyl sites for hydroxylation is 1. The molecule has 1 amide bonds. The average molecular weight is 406 g/mol. The van der Waals surface area contributed by atoms with E-state index >= 15 is 0 Å². The number of nitrogens with one attached hydrogen (secondary N) is 1. The van der Waals surface area contributed by atoms with Crippen LogP contribution in [0.15, 0.2) is 23.6 Å². The molecule has 0 aromatic carbocycles. The fraction of sp³-hybridized carbons (Fsp3) is 0.474. The molecule has 2 aromatic heterocycles. The maximum absolute atomic E-state index is 12.5. The van der Waals surface area contributed by atoms with Gasteiger partial charge in [0.05, 0.1) is 12.2 Å². The Morgan fingerprint density at radius 1 is 1.22 bits per heavy atom. The van der Waals surface area contributed by atoms with Gasteiger partial charge in [-0.25, -0.2) is 14.8 Å². The van der Waals surface area contributed by atoms with Crippen LogP contribution >= 0.6 is 23.1 Å². The second-order valence-electron chi connectivity index (χ2n) is 6.17. The number of aromatic nitrogens is 2. The normalized spacial score (nSPS) is 13.5. The summed E-state index contributed by atoms with van der Waals surface area (Å²) in [6, 6.07) is 1.76. The van der Waals surface area contributed by atoms with Crippen LogP contribution in [0.1, 0.15) is 53.4 Å². The van der Waals surface area contributed by atoms with E-state index in [0.29, 0.717) is 34.5 Å². The predicted octanol–water partition coefficient (Wildman–Crippen LogP) is 4.10. The molecule has 1 aliphatic rings. The summed E-state index contributed by atoms with van der Waals surface area (Å²) in [5.41, 5.74) is 1.63. The van der Waals surface area contributed by atoms with Gasteiger partial charge in [-0.05, 0) is 44.2 Å². The molecular weight excluding hydrogens is 382 g/mol. The van der Waals surface area contributed by atoms with E-state index in [1.807, 2.05) is 0 Å². The lowest BCUT2D eigenvalue weighted by molar-refractivity contribution is -0.115. The van der Waals surface area contributed by atoms with Crippen molar-refractivity contribution in [2.75, 3.05) is 17.7 Å². The highest BCUT2D eigenvalue weighted by atomic mass is 32.2. The van der Waals surface area contributed by atoms with Gasteiger partial charge >= 0.3 is 5.97 Å². The Bertz CT molecular complexity index is 793. The first-order valence-corrected chi connectivity index (χ1v) is 11.0. The number of amides is 1. The number of rotatable bonds is 7. The van der Waals surface area contributed by atoms with Crippen molar-refractivity contribution >= 4 is 40.0 Å². The number of carbonyl (C=O) groups is 2. The predicted molar refractivity (Wildman–Crippen MR) is 108 cm³/mol. The number of fused-ring (bicyclic) bond motifs is 1. The van der Waals surface area contributed by atoms with E-state index in [1.165, 1.54) is 34.4 Å². The first-order valence-electron chi connectivity index (χ1n) is 9.20. The van der Waals surface area contributed by atoms with E-state index in [0.717, 1.165) is 31.2 Å². The number of thioether (sulfide) groups is 1. The third kappa shape index (κ3) is 5.29. The molecule has 1 N–H and O–H groups in total. The average Bonchev–Trinajstić information content (AvgIpc) is 2.83. The van der Waals surface area contributed by atoms with Crippen molar-refractivity contribution in [1.29, 1.82) is 0 Å². The number of ether oxygens (including phenoxy) is 1. The molecule has 2 heterocycles. The summed E-state index contributed by atoms with van der Waals surface area (Å²) in [5.74, 6) is 0.134. The van der Waals surface area contributed by atoms with Gasteiger partial charge in [-0.15, -0.1) is 11.3 Å². The van der Waals surface area contributed by atoms with Crippen molar-refractivity contribution in [2.45, 2.75) is 50.6 Å². The van der Waals surface area contributed by atoms with Crippen LogP contribution in [0.2, 0.25) is 0 Å². The lowest BCUT2D eigenvalue weighted by Gasteiger charge is -2.08. The third-order valence-corrected chi connectivity index (χ3v) is 6.34. The highest BCUT2D eigenvalue weighted by Gasteiger charge is 2.26. The minimum absolute atomic E-state index is 0.111. The van der Waals surface area contributed by atoms with Crippen LogP contribution in [0.25, 0.3) is 0 Å². The van der Waals surface area contributed by atoms with E-state index in [2.05, 4.69) is 15.3 Å². The summed E-state index contributed by atoms with van der Waals surface area (Å²) in [5, 5.41) is 4.22. The zero-order chi connectivity index (χ0) is 19.1. The molecule has 6 nitrogen and oxygen atoms in total. The van der Waals surface area contributed by atoms with Crippen LogP contribution in [0, 0.1) is 0 Å². The van der Waals surface area contributed by atoms with Crippen molar-refractivity contribution in [1.82, 2.24) is 9.97 Å². The SMILES string of the molecule is CCOC(=O)c1c(NC(=O)CCSc2ncccn2)sc2c1CCCCC2. The second kappa shape index (κ2) is 9.85. The van der Waals surface area contributed by atoms with E-state index in [1.54, 1.807) is 25.4 Å². The summed E-state index contributed by atoms with van der Waals surface area (Å²) < 4.78 is 5.25. The smallest absolute Gasteiger partial charge is 0.341 e. The van der Waals surface area contributed by atoms with E-state index in [9.17, 15) is 9.59 Å². The molecule has 1 aliphatic carbocycles. The van der Waals surface area contributed by atoms with Crippen molar-refractivity contribution in [3.63, 3.8) is 0 Å². The number of nitrogens with zero attached hydrogens (tertiary/aromatic N) is 2. The van der Waals surface area contributed by atoms with Gasteiger partial charge in [0.25, 0.3) is 0 Å². The van der Waals surface area contributed by atoms with Gasteiger partial charge in [0, 0.05) is 29.4 Å². The summed E-state index contributed by atoms with van der Waals surface area (Å²) in [7, 11) is 0. The van der Waals surface area contributed by atoms with Crippen LogP contribution in [-0.4, -0.2) is 34.2 Å². The van der Waals surface area contributed by atoms with Gasteiger partial charge in [0.15, 0.2) is 5.16 Å². The van der Waals surface area contributed by atoms with Gasteiger partial charge in [-0.2, -0.15) is 0 Å². The maximum Gasteiger partial charge on any atom is 0.341 e. The van der Waals surface area contributed by atoms with Gasteiger partial charge in [-0.3, -0.25) is 4.79 Å². The summed E-state index contributed by atoms with van der Waals surface area (Å²) >= 11 is 2.96. The molecule has 0 saturated carbocycles. The molecule has 144 valence electrons. The first kappa shape index (κ1) is 19.8. The summed E-state index contributed by atoms with van der Waals surface area (Å²) in [4.78, 5) is 34.4. The van der Waals surface area contributed by atoms with Crippen molar-refractivity contribution in [3.05, 3.63) is 34.5 Å². The molecule has 0 fully saturated rings. The fourth-order valence-electron chi connectivity index (χ4n) is 3.03. The first-order chi connectivity index (χ1) is 13.2. The van der Waals surface area contributed by atoms with Gasteiger partial charge in [0.2, 0.25) is 5.91 Å². The minimum Gasteiger partial charge on any atom is -0.462 e. The molecule has 0 spiro atoms. The van der Waals surface area contributed by atoms with E-state index < -0.39 is 0 Å². The van der Waals surface area contributed by atoms with Crippen LogP contribution in [0.5, 0.6) is 0 Å². The number of hydrogen-bond acceptors (Lipinski definition) is 7. The van der Waals surface area contributed by atoms with Crippen LogP contribution < -0.4 is 5.32 Å². The summed E-state index contributed by atoms with van der Waals surface area (Å²) in [6.07, 6.45) is 8.88. The Labute approximate surface area is 167 Å². The maximum atomic E-state index is 12.5. The standard InChI is InChI=1S/C19H23N3O3S2/c1-2-25-18(24)16-13-7-4-3-5-8-14(13)27-17(16)22-15(23)9-12-26-19-20-10-6-11-21-19/h6,10-11H,2-5,7-9,12H2,1H3,(H,22,23). The Hall–Kier alpha value is -1.93. The van der Waals surface area contributed by atoms with Crippen molar-refractivity contribution < 1.29 is 14.3 Å². The lowest BCUT2D eigenvalue weighted by Crippen LogP contribution is -2.15. The summed E-state index contributed by atoms with van der Waals surface area (Å²) in [6.45, 7) is 2.12. The molecule has 0 saturated heterocycles. The molecule has 0 atom stereocenters. The Morgan fingerprint density at radius 2 is 2.00 bits per heavy atom. The van der Waals surface area contributed by atoms with E-state index in [4.69, 9.17) is 4.74 Å². The highest BCUT2D eigenvalue weighted by molar-refractivity contribution is 7.99. The monoisotopic (exact) mass is 405 g/mol. The Balaban J connectivity index is 1.67. The fourth-order valence-corrected chi connectivity index (χ4v) is 5.07. The molecule has 0 radical (unpaired) electrons. The highest BCUT2D eigenvalue weighted by Crippen LogP contribution is 2.38. The number of thiophene rings is 1. The molecular formula is C19H23N3O3S2. The number of hydrogen-bond donors (Lipinski definition) is 1. The van der Waals surface area contributed by atoms with Gasteiger partial charge in [0.1, 0.15) is 5.00 Å². The second-order valence-corrected chi connectivity index (χ2v) is 8.33. The largest absolute Gasteiger partial charge is 0.462 e. The molecule has 0 unspecified atom stereocenters. The Kier molecular flexibility index (Phi) is 7.23. The van der Waals surface area contributed by atoms with Crippen molar-refractivity contribution in [2.24, 2.45) is 0 Å². The number of carbonyl (C=O) groups excluding carboxylic acids is 2. The van der Waals surface area contributed by atoms with Crippen molar-refractivity contribution in [3.8, 4) is 0 Å². The topological polar surface area (TPSA) is 81.2 Å². The molecule has 2 aromatic rings. The quantitative estimate of drug-likeness (QED) is 0.323. The van der Waals surface area contributed by atoms with Gasteiger partial charge < -0.3 is 10.1 Å². The molecule has 27 heavy (non-hydrogen) atoms. The van der Waals surface area contributed by atoms with Crippen LogP contribution in [0.3, 0.4) is 0 Å². The number of anilines is 1. The molecule has 0 bridgehead atoms. The lowest BCUT2D eigenvalue weighted by atomic mass is 10.1. The van der Waals surface area contributed by atoms with Gasteiger partial charge in [-0.1, -0.05) is 18.2 Å². The molecule has 8 heteroatoms. The third-order valence-electron chi connectivity index (χ3n) is 4.26. The van der Waals surface area contributed by atoms with E-state index in [-0.39, 0.29) is 11.9 Å². The zero-order valence-corrected chi connectivity index (χ0v) is 17.0. The zero-order valence-electron chi connectivity index (χ0n) is 15.3.